The Morgan fingerprint density at radius 1 is 1.25 bits per heavy atom. The van der Waals surface area contributed by atoms with Gasteiger partial charge in [0.15, 0.2) is 0 Å². The summed E-state index contributed by atoms with van der Waals surface area (Å²) in [6.45, 7) is 3.17. The molecule has 1 amide bonds. The standard InChI is InChI=1S/C15H25NO4/c1-11-4-2-3-5-12(11)14(19)16-15(10-13(17)18)6-8-20-9-7-15/h11-12H,2-10H2,1H3,(H,16,19)(H,17,18). The van der Waals surface area contributed by atoms with Crippen molar-refractivity contribution in [3.05, 3.63) is 0 Å². The van der Waals surface area contributed by atoms with Gasteiger partial charge in [0.25, 0.3) is 0 Å². The second kappa shape index (κ2) is 6.57. The van der Waals surface area contributed by atoms with Crippen LogP contribution in [0.15, 0.2) is 0 Å². The Morgan fingerprint density at radius 2 is 1.90 bits per heavy atom. The van der Waals surface area contributed by atoms with E-state index in [1.165, 1.54) is 6.42 Å². The van der Waals surface area contributed by atoms with Crippen LogP contribution in [-0.2, 0) is 14.3 Å². The molecule has 2 unspecified atom stereocenters. The molecule has 20 heavy (non-hydrogen) atoms. The highest BCUT2D eigenvalue weighted by atomic mass is 16.5. The maximum absolute atomic E-state index is 12.5. The number of carbonyl (C=O) groups is 2. The van der Waals surface area contributed by atoms with Gasteiger partial charge in [0.05, 0.1) is 12.0 Å². The van der Waals surface area contributed by atoms with Gasteiger partial charge in [-0.1, -0.05) is 19.8 Å². The van der Waals surface area contributed by atoms with Crippen molar-refractivity contribution >= 4 is 11.9 Å². The first-order valence-corrected chi connectivity index (χ1v) is 7.64. The summed E-state index contributed by atoms with van der Waals surface area (Å²) in [7, 11) is 0. The molecule has 0 aromatic rings. The predicted molar refractivity (Wildman–Crippen MR) is 74.3 cm³/mol. The molecule has 2 aliphatic rings. The summed E-state index contributed by atoms with van der Waals surface area (Å²) in [4.78, 5) is 23.6. The van der Waals surface area contributed by atoms with Crippen molar-refractivity contribution in [2.24, 2.45) is 11.8 Å². The number of carboxylic acid groups (broad SMARTS) is 1. The first-order chi connectivity index (χ1) is 9.52. The van der Waals surface area contributed by atoms with Crippen molar-refractivity contribution < 1.29 is 19.4 Å². The average Bonchev–Trinajstić information content (AvgIpc) is 2.39. The minimum atomic E-state index is -0.858. The fraction of sp³-hybridized carbons (Fsp3) is 0.867. The minimum absolute atomic E-state index is 0.0107. The van der Waals surface area contributed by atoms with Gasteiger partial charge < -0.3 is 15.2 Å². The fourth-order valence-corrected chi connectivity index (χ4v) is 3.46. The van der Waals surface area contributed by atoms with Crippen LogP contribution in [0, 0.1) is 11.8 Å². The second-order valence-corrected chi connectivity index (χ2v) is 6.32. The Morgan fingerprint density at radius 3 is 2.50 bits per heavy atom. The molecule has 1 aliphatic carbocycles. The quantitative estimate of drug-likeness (QED) is 0.827. The molecule has 2 rings (SSSR count). The van der Waals surface area contributed by atoms with E-state index in [0.29, 0.717) is 32.0 Å². The summed E-state index contributed by atoms with van der Waals surface area (Å²) >= 11 is 0. The van der Waals surface area contributed by atoms with Crippen LogP contribution in [0.1, 0.15) is 51.9 Å². The van der Waals surface area contributed by atoms with E-state index in [9.17, 15) is 9.59 Å². The molecule has 1 saturated carbocycles. The Labute approximate surface area is 120 Å². The molecular weight excluding hydrogens is 258 g/mol. The first-order valence-electron chi connectivity index (χ1n) is 7.64. The molecule has 0 bridgehead atoms. The minimum Gasteiger partial charge on any atom is -0.481 e. The molecule has 2 atom stereocenters. The average molecular weight is 283 g/mol. The van der Waals surface area contributed by atoms with Gasteiger partial charge in [0.2, 0.25) is 5.91 Å². The number of nitrogens with one attached hydrogen (secondary N) is 1. The van der Waals surface area contributed by atoms with E-state index in [-0.39, 0.29) is 18.2 Å². The summed E-state index contributed by atoms with van der Waals surface area (Å²) in [6.07, 6.45) is 5.47. The van der Waals surface area contributed by atoms with E-state index in [1.807, 2.05) is 0 Å². The number of rotatable bonds is 4. The van der Waals surface area contributed by atoms with Gasteiger partial charge in [-0.2, -0.15) is 0 Å². The van der Waals surface area contributed by atoms with Crippen LogP contribution in [-0.4, -0.2) is 35.7 Å². The Kier molecular flexibility index (Phi) is 5.02. The highest BCUT2D eigenvalue weighted by molar-refractivity contribution is 5.81. The van der Waals surface area contributed by atoms with Crippen molar-refractivity contribution in [2.45, 2.75) is 57.4 Å². The topological polar surface area (TPSA) is 75.6 Å². The molecule has 2 N–H and O–H groups in total. The van der Waals surface area contributed by atoms with E-state index < -0.39 is 11.5 Å². The van der Waals surface area contributed by atoms with Gasteiger partial charge in [0.1, 0.15) is 0 Å². The smallest absolute Gasteiger partial charge is 0.305 e. The van der Waals surface area contributed by atoms with Crippen LogP contribution in [0.25, 0.3) is 0 Å². The lowest BCUT2D eigenvalue weighted by atomic mass is 9.78. The Bertz CT molecular complexity index is 363. The zero-order chi connectivity index (χ0) is 14.6. The Balaban J connectivity index is 2.02. The molecule has 0 spiro atoms. The van der Waals surface area contributed by atoms with Crippen LogP contribution in [0.4, 0.5) is 0 Å². The van der Waals surface area contributed by atoms with Crippen molar-refractivity contribution in [2.75, 3.05) is 13.2 Å². The molecule has 0 radical (unpaired) electrons. The molecule has 5 nitrogen and oxygen atoms in total. The first kappa shape index (κ1) is 15.3. The molecule has 114 valence electrons. The lowest BCUT2D eigenvalue weighted by Crippen LogP contribution is -2.55. The van der Waals surface area contributed by atoms with Gasteiger partial charge >= 0.3 is 5.97 Å². The maximum atomic E-state index is 12.5. The third kappa shape index (κ3) is 3.72. The molecule has 0 aromatic carbocycles. The fourth-order valence-electron chi connectivity index (χ4n) is 3.46. The van der Waals surface area contributed by atoms with Crippen molar-refractivity contribution in [3.63, 3.8) is 0 Å². The number of hydrogen-bond acceptors (Lipinski definition) is 3. The van der Waals surface area contributed by atoms with Crippen molar-refractivity contribution in [1.29, 1.82) is 0 Å². The number of hydrogen-bond donors (Lipinski definition) is 2. The monoisotopic (exact) mass is 283 g/mol. The van der Waals surface area contributed by atoms with Gasteiger partial charge in [-0.25, -0.2) is 0 Å². The molecule has 5 heteroatoms. The van der Waals surface area contributed by atoms with Crippen LogP contribution in [0.5, 0.6) is 0 Å². The van der Waals surface area contributed by atoms with Crippen molar-refractivity contribution in [3.8, 4) is 0 Å². The molecule has 0 aromatic heterocycles. The zero-order valence-corrected chi connectivity index (χ0v) is 12.2. The molecule has 2 fully saturated rings. The van der Waals surface area contributed by atoms with Crippen LogP contribution in [0.2, 0.25) is 0 Å². The van der Waals surface area contributed by atoms with Gasteiger partial charge in [-0.05, 0) is 31.6 Å². The largest absolute Gasteiger partial charge is 0.481 e. The molecule has 1 saturated heterocycles. The second-order valence-electron chi connectivity index (χ2n) is 6.32. The van der Waals surface area contributed by atoms with Crippen LogP contribution < -0.4 is 5.32 Å². The molecular formula is C15H25NO4. The van der Waals surface area contributed by atoms with Gasteiger partial charge in [-0.3, -0.25) is 9.59 Å². The van der Waals surface area contributed by atoms with Gasteiger partial charge in [0, 0.05) is 19.1 Å². The number of carbonyl (C=O) groups excluding carboxylic acids is 1. The number of ether oxygens (including phenoxy) is 1. The summed E-state index contributed by atoms with van der Waals surface area (Å²) in [5.41, 5.74) is -0.613. The van der Waals surface area contributed by atoms with Crippen molar-refractivity contribution in [1.82, 2.24) is 5.32 Å². The SMILES string of the molecule is CC1CCCCC1C(=O)NC1(CC(=O)O)CCOCC1. The normalized spacial score (nSPS) is 29.6. The summed E-state index contributed by atoms with van der Waals surface area (Å²) in [5.74, 6) is -0.382. The summed E-state index contributed by atoms with van der Waals surface area (Å²) < 4.78 is 5.31. The number of aliphatic carboxylic acids is 1. The lowest BCUT2D eigenvalue weighted by Gasteiger charge is -2.39. The maximum Gasteiger partial charge on any atom is 0.305 e. The lowest BCUT2D eigenvalue weighted by molar-refractivity contribution is -0.141. The number of amides is 1. The van der Waals surface area contributed by atoms with Crippen LogP contribution >= 0.6 is 0 Å². The van der Waals surface area contributed by atoms with E-state index in [0.717, 1.165) is 19.3 Å². The summed E-state index contributed by atoms with van der Waals surface area (Å²) in [5, 5.41) is 12.2. The Hall–Kier alpha value is -1.10. The van der Waals surface area contributed by atoms with Gasteiger partial charge in [-0.15, -0.1) is 0 Å². The molecule has 1 aliphatic heterocycles. The highest BCUT2D eigenvalue weighted by Crippen LogP contribution is 2.32. The van der Waals surface area contributed by atoms with E-state index in [4.69, 9.17) is 9.84 Å². The molecule has 1 heterocycles. The van der Waals surface area contributed by atoms with E-state index >= 15 is 0 Å². The summed E-state index contributed by atoms with van der Waals surface area (Å²) in [6, 6.07) is 0. The highest BCUT2D eigenvalue weighted by Gasteiger charge is 2.39. The third-order valence-electron chi connectivity index (χ3n) is 4.78. The van der Waals surface area contributed by atoms with Crippen LogP contribution in [0.3, 0.4) is 0 Å². The van der Waals surface area contributed by atoms with E-state index in [2.05, 4.69) is 12.2 Å². The third-order valence-corrected chi connectivity index (χ3v) is 4.78. The zero-order valence-electron chi connectivity index (χ0n) is 12.2. The van der Waals surface area contributed by atoms with E-state index in [1.54, 1.807) is 0 Å². The predicted octanol–water partition coefficient (Wildman–Crippen LogP) is 1.95. The number of carboxylic acids is 1.